The Labute approximate surface area is 165 Å². The van der Waals surface area contributed by atoms with Crippen molar-refractivity contribution in [1.29, 1.82) is 0 Å². The summed E-state index contributed by atoms with van der Waals surface area (Å²) in [4.78, 5) is 14.9. The van der Waals surface area contributed by atoms with E-state index in [2.05, 4.69) is 39.6 Å². The van der Waals surface area contributed by atoms with Gasteiger partial charge in [0.15, 0.2) is 10.9 Å². The molecule has 0 aliphatic carbocycles. The molecule has 0 N–H and O–H groups in total. The van der Waals surface area contributed by atoms with Gasteiger partial charge in [0.25, 0.3) is 0 Å². The molecule has 0 radical (unpaired) electrons. The van der Waals surface area contributed by atoms with E-state index in [-0.39, 0.29) is 5.78 Å². The van der Waals surface area contributed by atoms with Crippen LogP contribution in [0.5, 0.6) is 0 Å². The van der Waals surface area contributed by atoms with E-state index in [9.17, 15) is 4.79 Å². The fourth-order valence-electron chi connectivity index (χ4n) is 3.24. The maximum atomic E-state index is 12.7. The van der Waals surface area contributed by atoms with Crippen molar-refractivity contribution in [1.82, 2.24) is 14.8 Å². The SMILES string of the molecule is Cc1ccc(C(=O)CSc2nnc(N3CCOCC3)n2CC(C)C)c(C)c1. The van der Waals surface area contributed by atoms with Gasteiger partial charge in [0.05, 0.1) is 19.0 Å². The van der Waals surface area contributed by atoms with Gasteiger partial charge in [-0.1, -0.05) is 49.4 Å². The van der Waals surface area contributed by atoms with Gasteiger partial charge >= 0.3 is 0 Å². The lowest BCUT2D eigenvalue weighted by atomic mass is 10.0. The maximum Gasteiger partial charge on any atom is 0.228 e. The minimum atomic E-state index is 0.129. The Morgan fingerprint density at radius 1 is 1.22 bits per heavy atom. The fraction of sp³-hybridized carbons (Fsp3) is 0.550. The van der Waals surface area contributed by atoms with Crippen molar-refractivity contribution in [2.45, 2.75) is 39.4 Å². The molecule has 2 aromatic rings. The molecule has 27 heavy (non-hydrogen) atoms. The molecule has 6 nitrogen and oxygen atoms in total. The lowest BCUT2D eigenvalue weighted by Gasteiger charge is -2.28. The number of nitrogens with zero attached hydrogens (tertiary/aromatic N) is 4. The van der Waals surface area contributed by atoms with Crippen LogP contribution in [0.3, 0.4) is 0 Å². The van der Waals surface area contributed by atoms with Crippen LogP contribution in [0.1, 0.15) is 35.3 Å². The summed E-state index contributed by atoms with van der Waals surface area (Å²) in [6, 6.07) is 5.96. The predicted molar refractivity (Wildman–Crippen MR) is 109 cm³/mol. The molecular weight excluding hydrogens is 360 g/mol. The molecule has 3 rings (SSSR count). The van der Waals surface area contributed by atoms with E-state index in [1.807, 2.05) is 26.0 Å². The number of anilines is 1. The minimum Gasteiger partial charge on any atom is -0.378 e. The second-order valence-electron chi connectivity index (χ2n) is 7.42. The summed E-state index contributed by atoms with van der Waals surface area (Å²) in [5.41, 5.74) is 2.98. The highest BCUT2D eigenvalue weighted by molar-refractivity contribution is 7.99. The fourth-order valence-corrected chi connectivity index (χ4v) is 4.07. The van der Waals surface area contributed by atoms with E-state index < -0.39 is 0 Å². The normalized spacial score (nSPS) is 14.8. The number of ketones is 1. The zero-order valence-electron chi connectivity index (χ0n) is 16.6. The molecule has 0 bridgehead atoms. The zero-order chi connectivity index (χ0) is 19.4. The van der Waals surface area contributed by atoms with Crippen LogP contribution in [-0.4, -0.2) is 52.6 Å². The third-order valence-corrected chi connectivity index (χ3v) is 5.52. The number of Topliss-reactive ketones (excluding diaryl/α,β-unsaturated/α-hetero) is 1. The van der Waals surface area contributed by atoms with Crippen molar-refractivity contribution in [3.8, 4) is 0 Å². The number of rotatable bonds is 7. The highest BCUT2D eigenvalue weighted by Crippen LogP contribution is 2.25. The van der Waals surface area contributed by atoms with E-state index in [1.165, 1.54) is 17.3 Å². The summed E-state index contributed by atoms with van der Waals surface area (Å²) in [6.07, 6.45) is 0. The Hall–Kier alpha value is -1.86. The van der Waals surface area contributed by atoms with Crippen molar-refractivity contribution in [3.63, 3.8) is 0 Å². The van der Waals surface area contributed by atoms with Crippen molar-refractivity contribution in [2.75, 3.05) is 37.0 Å². The number of hydrogen-bond donors (Lipinski definition) is 0. The third kappa shape index (κ3) is 4.90. The first-order valence-corrected chi connectivity index (χ1v) is 10.4. The second kappa shape index (κ2) is 8.89. The first kappa shape index (κ1) is 19.9. The predicted octanol–water partition coefficient (Wildman–Crippen LogP) is 3.36. The molecule has 1 fully saturated rings. The molecule has 1 aliphatic heterocycles. The number of benzene rings is 1. The molecule has 1 aliphatic rings. The van der Waals surface area contributed by atoms with Gasteiger partial charge in [-0.2, -0.15) is 0 Å². The summed E-state index contributed by atoms with van der Waals surface area (Å²) in [6.45, 7) is 12.3. The molecule has 0 spiro atoms. The number of morpholine rings is 1. The molecule has 1 aromatic heterocycles. The number of ether oxygens (including phenoxy) is 1. The van der Waals surface area contributed by atoms with E-state index in [0.717, 1.165) is 41.9 Å². The molecule has 0 amide bonds. The summed E-state index contributed by atoms with van der Waals surface area (Å²) in [5.74, 6) is 1.84. The molecule has 0 saturated carbocycles. The van der Waals surface area contributed by atoms with E-state index in [1.54, 1.807) is 0 Å². The second-order valence-corrected chi connectivity index (χ2v) is 8.36. The standard InChI is InChI=1S/C20H28N4O2S/c1-14(2)12-24-19(23-7-9-26-10-8-23)21-22-20(24)27-13-18(25)17-6-5-15(3)11-16(17)4/h5-6,11,14H,7-10,12-13H2,1-4H3. The molecule has 2 heterocycles. The van der Waals surface area contributed by atoms with Crippen molar-refractivity contribution in [3.05, 3.63) is 34.9 Å². The highest BCUT2D eigenvalue weighted by atomic mass is 32.2. The molecule has 1 saturated heterocycles. The van der Waals surface area contributed by atoms with Crippen LogP contribution in [0.25, 0.3) is 0 Å². The number of aromatic nitrogens is 3. The average Bonchev–Trinajstić information content (AvgIpc) is 3.02. The Kier molecular flexibility index (Phi) is 6.55. The first-order valence-electron chi connectivity index (χ1n) is 9.45. The molecule has 1 aromatic carbocycles. The molecular formula is C20H28N4O2S. The molecule has 7 heteroatoms. The number of aryl methyl sites for hydroxylation is 2. The van der Waals surface area contributed by atoms with Crippen molar-refractivity contribution in [2.24, 2.45) is 5.92 Å². The number of carbonyl (C=O) groups is 1. The average molecular weight is 389 g/mol. The van der Waals surface area contributed by atoms with Gasteiger partial charge in [-0.05, 0) is 25.3 Å². The van der Waals surface area contributed by atoms with Gasteiger partial charge < -0.3 is 9.64 Å². The Morgan fingerprint density at radius 3 is 2.63 bits per heavy atom. The molecule has 146 valence electrons. The number of hydrogen-bond acceptors (Lipinski definition) is 6. The smallest absolute Gasteiger partial charge is 0.228 e. The zero-order valence-corrected chi connectivity index (χ0v) is 17.4. The Bertz CT molecular complexity index is 797. The molecule has 0 atom stereocenters. The van der Waals surface area contributed by atoms with Crippen LogP contribution in [0, 0.1) is 19.8 Å². The van der Waals surface area contributed by atoms with Gasteiger partial charge in [-0.25, -0.2) is 0 Å². The van der Waals surface area contributed by atoms with Crippen LogP contribution in [0.15, 0.2) is 23.4 Å². The minimum absolute atomic E-state index is 0.129. The Balaban J connectivity index is 1.75. The highest BCUT2D eigenvalue weighted by Gasteiger charge is 2.22. The summed E-state index contributed by atoms with van der Waals surface area (Å²) < 4.78 is 7.60. The number of carbonyl (C=O) groups excluding carboxylic acids is 1. The third-order valence-electron chi connectivity index (χ3n) is 4.55. The van der Waals surface area contributed by atoms with Crippen LogP contribution in [0.2, 0.25) is 0 Å². The van der Waals surface area contributed by atoms with Crippen LogP contribution < -0.4 is 4.90 Å². The number of thioether (sulfide) groups is 1. The first-order chi connectivity index (χ1) is 13.0. The van der Waals surface area contributed by atoms with E-state index in [0.29, 0.717) is 24.9 Å². The van der Waals surface area contributed by atoms with Crippen LogP contribution >= 0.6 is 11.8 Å². The van der Waals surface area contributed by atoms with E-state index >= 15 is 0 Å². The monoisotopic (exact) mass is 388 g/mol. The lowest BCUT2D eigenvalue weighted by molar-refractivity contribution is 0.102. The van der Waals surface area contributed by atoms with Gasteiger partial charge in [-0.15, -0.1) is 10.2 Å². The van der Waals surface area contributed by atoms with Crippen LogP contribution in [-0.2, 0) is 11.3 Å². The maximum absolute atomic E-state index is 12.7. The summed E-state index contributed by atoms with van der Waals surface area (Å²) in [7, 11) is 0. The van der Waals surface area contributed by atoms with Crippen molar-refractivity contribution >= 4 is 23.5 Å². The topological polar surface area (TPSA) is 60.3 Å². The largest absolute Gasteiger partial charge is 0.378 e. The van der Waals surface area contributed by atoms with Gasteiger partial charge in [0.1, 0.15) is 0 Å². The van der Waals surface area contributed by atoms with Gasteiger partial charge in [0, 0.05) is 25.2 Å². The van der Waals surface area contributed by atoms with Crippen molar-refractivity contribution < 1.29 is 9.53 Å². The molecule has 0 unspecified atom stereocenters. The van der Waals surface area contributed by atoms with Crippen LogP contribution in [0.4, 0.5) is 5.95 Å². The quantitative estimate of drug-likeness (QED) is 0.535. The summed E-state index contributed by atoms with van der Waals surface area (Å²) in [5, 5.41) is 9.62. The van der Waals surface area contributed by atoms with Gasteiger partial charge in [-0.3, -0.25) is 9.36 Å². The lowest BCUT2D eigenvalue weighted by Crippen LogP contribution is -2.38. The van der Waals surface area contributed by atoms with E-state index in [4.69, 9.17) is 4.74 Å². The summed E-state index contributed by atoms with van der Waals surface area (Å²) >= 11 is 1.47. The Morgan fingerprint density at radius 2 is 1.96 bits per heavy atom. The van der Waals surface area contributed by atoms with Gasteiger partial charge in [0.2, 0.25) is 5.95 Å².